The summed E-state index contributed by atoms with van der Waals surface area (Å²) in [6.07, 6.45) is 0.737. The van der Waals surface area contributed by atoms with E-state index in [1.807, 2.05) is 36.0 Å². The molecule has 0 unspecified atom stereocenters. The topological polar surface area (TPSA) is 50.4 Å². The zero-order valence-electron chi connectivity index (χ0n) is 11.6. The molecule has 1 rings (SSSR count). The first-order valence-electron chi connectivity index (χ1n) is 6.61. The van der Waals surface area contributed by atoms with Gasteiger partial charge < -0.3 is 10.1 Å². The molecule has 106 valence electrons. The Bertz CT molecular complexity index is 368. The van der Waals surface area contributed by atoms with E-state index in [0.29, 0.717) is 6.61 Å². The minimum Gasteiger partial charge on any atom is -0.450 e. The number of benzene rings is 1. The quantitative estimate of drug-likeness (QED) is 0.712. The minimum absolute atomic E-state index is 0.376. The maximum atomic E-state index is 11.2. The van der Waals surface area contributed by atoms with E-state index in [1.54, 1.807) is 6.92 Å². The van der Waals surface area contributed by atoms with E-state index in [9.17, 15) is 4.79 Å². The van der Waals surface area contributed by atoms with Crippen molar-refractivity contribution in [1.29, 1.82) is 0 Å². The molecule has 0 radical (unpaired) electrons. The summed E-state index contributed by atoms with van der Waals surface area (Å²) >= 11 is 1.96. The lowest BCUT2D eigenvalue weighted by Crippen LogP contribution is -2.13. The maximum absolute atomic E-state index is 11.2. The van der Waals surface area contributed by atoms with Gasteiger partial charge in [-0.15, -0.1) is 0 Å². The molecule has 0 aromatic heterocycles. The third-order valence-electron chi connectivity index (χ3n) is 2.41. The van der Waals surface area contributed by atoms with Gasteiger partial charge in [-0.05, 0) is 49.1 Å². The summed E-state index contributed by atoms with van der Waals surface area (Å²) in [5, 5.41) is 6.01. The van der Waals surface area contributed by atoms with Gasteiger partial charge in [-0.2, -0.15) is 11.8 Å². The van der Waals surface area contributed by atoms with E-state index >= 15 is 0 Å². The summed E-state index contributed by atoms with van der Waals surface area (Å²) in [6.45, 7) is 5.30. The molecule has 0 atom stereocenters. The van der Waals surface area contributed by atoms with Gasteiger partial charge in [0.15, 0.2) is 0 Å². The summed E-state index contributed by atoms with van der Waals surface area (Å²) in [7, 11) is 0. The molecule has 0 bridgehead atoms. The number of anilines is 2. The molecule has 5 heteroatoms. The number of hydrogen-bond donors (Lipinski definition) is 2. The van der Waals surface area contributed by atoms with Crippen LogP contribution in [0.1, 0.15) is 20.3 Å². The van der Waals surface area contributed by atoms with Crippen molar-refractivity contribution in [2.24, 2.45) is 0 Å². The normalized spacial score (nSPS) is 10.0. The maximum Gasteiger partial charge on any atom is 0.411 e. The van der Waals surface area contributed by atoms with Crippen molar-refractivity contribution in [1.82, 2.24) is 0 Å². The second kappa shape index (κ2) is 9.55. The molecule has 0 aliphatic rings. The second-order valence-electron chi connectivity index (χ2n) is 3.90. The van der Waals surface area contributed by atoms with Crippen LogP contribution in [-0.4, -0.2) is 30.8 Å². The van der Waals surface area contributed by atoms with Gasteiger partial charge in [0, 0.05) is 17.9 Å². The van der Waals surface area contributed by atoms with Crippen LogP contribution in [0.5, 0.6) is 0 Å². The first-order chi connectivity index (χ1) is 9.26. The molecule has 2 N–H and O–H groups in total. The van der Waals surface area contributed by atoms with E-state index < -0.39 is 6.09 Å². The first kappa shape index (κ1) is 15.7. The molecule has 0 heterocycles. The molecule has 0 saturated carbocycles. The number of ether oxygens (including phenoxy) is 1. The Morgan fingerprint density at radius 3 is 2.53 bits per heavy atom. The number of rotatable bonds is 8. The monoisotopic (exact) mass is 282 g/mol. The zero-order valence-corrected chi connectivity index (χ0v) is 12.4. The highest BCUT2D eigenvalue weighted by Crippen LogP contribution is 2.14. The molecule has 0 aliphatic carbocycles. The lowest BCUT2D eigenvalue weighted by molar-refractivity contribution is 0.168. The number of carbonyl (C=O) groups is 1. The Morgan fingerprint density at radius 2 is 1.89 bits per heavy atom. The largest absolute Gasteiger partial charge is 0.450 e. The molecule has 19 heavy (non-hydrogen) atoms. The van der Waals surface area contributed by atoms with Crippen LogP contribution >= 0.6 is 11.8 Å². The van der Waals surface area contributed by atoms with Crippen molar-refractivity contribution < 1.29 is 9.53 Å². The predicted octanol–water partition coefficient (Wildman–Crippen LogP) is 3.81. The summed E-state index contributed by atoms with van der Waals surface area (Å²) in [5.41, 5.74) is 1.81. The van der Waals surface area contributed by atoms with Crippen LogP contribution in [0.3, 0.4) is 0 Å². The fraction of sp³-hybridized carbons (Fsp3) is 0.500. The standard InChI is InChI=1S/C14H22N2O2S/c1-3-18-14(17)16-13-8-6-12(7-9-13)15-10-5-11-19-4-2/h6-9,15H,3-5,10-11H2,1-2H3,(H,16,17). The molecular formula is C14H22N2O2S. The van der Waals surface area contributed by atoms with Crippen molar-refractivity contribution in [2.45, 2.75) is 20.3 Å². The smallest absolute Gasteiger partial charge is 0.411 e. The average Bonchev–Trinajstić information content (AvgIpc) is 2.41. The molecule has 0 aliphatic heterocycles. The van der Waals surface area contributed by atoms with Gasteiger partial charge in [0.05, 0.1) is 6.61 Å². The highest BCUT2D eigenvalue weighted by atomic mass is 32.2. The van der Waals surface area contributed by atoms with Crippen molar-refractivity contribution in [3.8, 4) is 0 Å². The SMILES string of the molecule is CCOC(=O)Nc1ccc(NCCCSCC)cc1. The molecule has 1 amide bonds. The molecule has 0 spiro atoms. The fourth-order valence-electron chi connectivity index (χ4n) is 1.51. The Morgan fingerprint density at radius 1 is 1.21 bits per heavy atom. The number of carbonyl (C=O) groups excluding carboxylic acids is 1. The van der Waals surface area contributed by atoms with Crippen LogP contribution in [-0.2, 0) is 4.74 Å². The zero-order chi connectivity index (χ0) is 13.9. The first-order valence-corrected chi connectivity index (χ1v) is 7.77. The molecule has 0 saturated heterocycles. The van der Waals surface area contributed by atoms with Crippen LogP contribution in [0.4, 0.5) is 16.2 Å². The number of nitrogens with one attached hydrogen (secondary N) is 2. The lowest BCUT2D eigenvalue weighted by atomic mass is 10.3. The Labute approximate surface area is 119 Å². The Hall–Kier alpha value is -1.36. The van der Waals surface area contributed by atoms with Crippen LogP contribution < -0.4 is 10.6 Å². The summed E-state index contributed by atoms with van der Waals surface area (Å²) in [4.78, 5) is 11.2. The molecule has 1 aromatic carbocycles. The van der Waals surface area contributed by atoms with Crippen LogP contribution in [0, 0.1) is 0 Å². The van der Waals surface area contributed by atoms with Gasteiger partial charge in [-0.1, -0.05) is 6.92 Å². The van der Waals surface area contributed by atoms with E-state index in [2.05, 4.69) is 17.6 Å². The van der Waals surface area contributed by atoms with E-state index in [4.69, 9.17) is 4.74 Å². The van der Waals surface area contributed by atoms with Gasteiger partial charge in [0.25, 0.3) is 0 Å². The number of hydrogen-bond acceptors (Lipinski definition) is 4. The van der Waals surface area contributed by atoms with Crippen LogP contribution in [0.2, 0.25) is 0 Å². The number of amides is 1. The third kappa shape index (κ3) is 6.96. The second-order valence-corrected chi connectivity index (χ2v) is 5.29. The van der Waals surface area contributed by atoms with Gasteiger partial charge >= 0.3 is 6.09 Å². The van der Waals surface area contributed by atoms with Gasteiger partial charge in [0.1, 0.15) is 0 Å². The van der Waals surface area contributed by atoms with E-state index in [-0.39, 0.29) is 0 Å². The van der Waals surface area contributed by atoms with Crippen molar-refractivity contribution in [3.05, 3.63) is 24.3 Å². The number of thioether (sulfide) groups is 1. The van der Waals surface area contributed by atoms with Crippen LogP contribution in [0.25, 0.3) is 0 Å². The van der Waals surface area contributed by atoms with Gasteiger partial charge in [0.2, 0.25) is 0 Å². The van der Waals surface area contributed by atoms with Gasteiger partial charge in [-0.25, -0.2) is 4.79 Å². The lowest BCUT2D eigenvalue weighted by Gasteiger charge is -2.08. The fourth-order valence-corrected chi connectivity index (χ4v) is 2.14. The molecule has 0 fully saturated rings. The third-order valence-corrected chi connectivity index (χ3v) is 3.39. The summed E-state index contributed by atoms with van der Waals surface area (Å²) < 4.78 is 4.81. The Kier molecular flexibility index (Phi) is 7.89. The van der Waals surface area contributed by atoms with Crippen LogP contribution in [0.15, 0.2) is 24.3 Å². The molecular weight excluding hydrogens is 260 g/mol. The minimum atomic E-state index is -0.417. The van der Waals surface area contributed by atoms with Crippen molar-refractivity contribution >= 4 is 29.2 Å². The highest BCUT2D eigenvalue weighted by Gasteiger charge is 2.01. The molecule has 1 aromatic rings. The summed E-state index contributed by atoms with van der Waals surface area (Å²) in [6, 6.07) is 7.63. The molecule has 4 nitrogen and oxygen atoms in total. The van der Waals surface area contributed by atoms with E-state index in [1.165, 1.54) is 11.5 Å². The van der Waals surface area contributed by atoms with Crippen molar-refractivity contribution in [3.63, 3.8) is 0 Å². The predicted molar refractivity (Wildman–Crippen MR) is 83.2 cm³/mol. The average molecular weight is 282 g/mol. The van der Waals surface area contributed by atoms with Crippen molar-refractivity contribution in [2.75, 3.05) is 35.3 Å². The van der Waals surface area contributed by atoms with E-state index in [0.717, 1.165) is 24.3 Å². The summed E-state index contributed by atoms with van der Waals surface area (Å²) in [5.74, 6) is 2.36. The van der Waals surface area contributed by atoms with Gasteiger partial charge in [-0.3, -0.25) is 5.32 Å². The Balaban J connectivity index is 2.29. The highest BCUT2D eigenvalue weighted by molar-refractivity contribution is 7.99.